The molecule has 0 aromatic heterocycles. The fraction of sp³-hybridized carbons (Fsp3) is 0.600. The van der Waals surface area contributed by atoms with Crippen LogP contribution >= 0.6 is 0 Å². The summed E-state index contributed by atoms with van der Waals surface area (Å²) in [7, 11) is -3.75. The average Bonchev–Trinajstić information content (AvgIpc) is 2.42. The van der Waals surface area contributed by atoms with E-state index in [1.165, 1.54) is 25.3 Å². The zero-order chi connectivity index (χ0) is 15.6. The Bertz CT molecular complexity index is 606. The number of hydrogen-bond donors (Lipinski definition) is 3. The van der Waals surface area contributed by atoms with E-state index < -0.39 is 10.0 Å². The molecule has 1 aromatic rings. The maximum absolute atomic E-state index is 11.6. The summed E-state index contributed by atoms with van der Waals surface area (Å²) in [6.07, 6.45) is 5.89. The number of primary sulfonamides is 1. The summed E-state index contributed by atoms with van der Waals surface area (Å²) < 4.78 is 23.3. The first kappa shape index (κ1) is 16.1. The van der Waals surface area contributed by atoms with Crippen molar-refractivity contribution in [2.75, 3.05) is 11.1 Å². The highest BCUT2D eigenvalue weighted by atomic mass is 32.2. The normalized spacial score (nSPS) is 23.0. The fourth-order valence-electron chi connectivity index (χ4n) is 3.09. The van der Waals surface area contributed by atoms with Crippen molar-refractivity contribution in [1.82, 2.24) is 0 Å². The highest BCUT2D eigenvalue weighted by molar-refractivity contribution is 7.89. The van der Waals surface area contributed by atoms with Crippen molar-refractivity contribution in [2.45, 2.75) is 56.9 Å². The number of sulfonamides is 1. The molecule has 118 valence electrons. The summed E-state index contributed by atoms with van der Waals surface area (Å²) in [4.78, 5) is 0.104. The van der Waals surface area contributed by atoms with Gasteiger partial charge in [0.25, 0.3) is 0 Å². The third-order valence-corrected chi connectivity index (χ3v) is 5.51. The third kappa shape index (κ3) is 3.89. The average molecular weight is 311 g/mol. The Morgan fingerprint density at radius 3 is 2.38 bits per heavy atom. The molecule has 6 heteroatoms. The smallest absolute Gasteiger partial charge is 0.238 e. The van der Waals surface area contributed by atoms with Crippen LogP contribution in [0.15, 0.2) is 17.0 Å². The van der Waals surface area contributed by atoms with Crippen molar-refractivity contribution in [2.24, 2.45) is 11.1 Å². The highest BCUT2D eigenvalue weighted by Crippen LogP contribution is 2.31. The van der Waals surface area contributed by atoms with Gasteiger partial charge in [-0.1, -0.05) is 13.3 Å². The van der Waals surface area contributed by atoms with E-state index in [2.05, 4.69) is 12.2 Å². The van der Waals surface area contributed by atoms with Gasteiger partial charge in [-0.2, -0.15) is 0 Å². The van der Waals surface area contributed by atoms with E-state index in [1.54, 1.807) is 13.0 Å². The zero-order valence-corrected chi connectivity index (χ0v) is 13.5. The monoisotopic (exact) mass is 311 g/mol. The molecule has 5 N–H and O–H groups in total. The Kier molecular flexibility index (Phi) is 4.78. The van der Waals surface area contributed by atoms with Gasteiger partial charge >= 0.3 is 0 Å². The van der Waals surface area contributed by atoms with Crippen LogP contribution in [0.1, 0.15) is 44.6 Å². The molecule has 5 nitrogen and oxygen atoms in total. The van der Waals surface area contributed by atoms with Crippen LogP contribution in [0, 0.1) is 12.8 Å². The van der Waals surface area contributed by atoms with E-state index in [0.29, 0.717) is 17.3 Å². The van der Waals surface area contributed by atoms with Crippen LogP contribution in [0.5, 0.6) is 0 Å². The minimum atomic E-state index is -3.75. The van der Waals surface area contributed by atoms with Gasteiger partial charge in [-0.3, -0.25) is 0 Å². The first-order valence-electron chi connectivity index (χ1n) is 7.50. The minimum absolute atomic E-state index is 0.104. The molecule has 1 fully saturated rings. The lowest BCUT2D eigenvalue weighted by molar-refractivity contribution is 0.330. The second-order valence-electron chi connectivity index (χ2n) is 6.01. The van der Waals surface area contributed by atoms with E-state index in [-0.39, 0.29) is 4.90 Å². The second-order valence-corrected chi connectivity index (χ2v) is 7.54. The standard InChI is InChI=1S/C15H25N3O2S/c1-3-11-4-6-13(7-5-11)18-14-8-12(16)9-15(10(14)2)21(17,19)20/h8-9,11,13,18H,3-7,16H2,1-2H3,(H2,17,19,20). The van der Waals surface area contributed by atoms with Gasteiger partial charge in [0.15, 0.2) is 0 Å². The molecule has 1 aliphatic rings. The van der Waals surface area contributed by atoms with Gasteiger partial charge in [-0.25, -0.2) is 13.6 Å². The molecular weight excluding hydrogens is 286 g/mol. The van der Waals surface area contributed by atoms with Crippen molar-refractivity contribution in [3.05, 3.63) is 17.7 Å². The summed E-state index contributed by atoms with van der Waals surface area (Å²) in [6.45, 7) is 4.00. The lowest BCUT2D eigenvalue weighted by Crippen LogP contribution is -2.26. The van der Waals surface area contributed by atoms with Gasteiger partial charge in [-0.15, -0.1) is 0 Å². The summed E-state index contributed by atoms with van der Waals surface area (Å²) in [6, 6.07) is 3.58. The Morgan fingerprint density at radius 1 is 1.24 bits per heavy atom. The number of rotatable bonds is 4. The molecule has 0 saturated heterocycles. The largest absolute Gasteiger partial charge is 0.399 e. The lowest BCUT2D eigenvalue weighted by atomic mass is 9.84. The van der Waals surface area contributed by atoms with Crippen LogP contribution in [-0.4, -0.2) is 14.5 Å². The first-order chi connectivity index (χ1) is 9.81. The zero-order valence-electron chi connectivity index (χ0n) is 12.7. The van der Waals surface area contributed by atoms with Crippen LogP contribution < -0.4 is 16.2 Å². The van der Waals surface area contributed by atoms with Crippen LogP contribution in [0.25, 0.3) is 0 Å². The number of anilines is 2. The van der Waals surface area contributed by atoms with E-state index in [9.17, 15) is 8.42 Å². The molecule has 0 atom stereocenters. The van der Waals surface area contributed by atoms with Gasteiger partial charge in [-0.05, 0) is 56.2 Å². The maximum Gasteiger partial charge on any atom is 0.238 e. The summed E-state index contributed by atoms with van der Waals surface area (Å²) in [5.74, 6) is 0.824. The molecule has 0 unspecified atom stereocenters. The summed E-state index contributed by atoms with van der Waals surface area (Å²) in [5, 5.41) is 8.70. The molecule has 21 heavy (non-hydrogen) atoms. The number of hydrogen-bond acceptors (Lipinski definition) is 4. The van der Waals surface area contributed by atoms with Gasteiger partial charge in [0.1, 0.15) is 0 Å². The van der Waals surface area contributed by atoms with E-state index >= 15 is 0 Å². The van der Waals surface area contributed by atoms with E-state index in [0.717, 1.165) is 24.4 Å². The first-order valence-corrected chi connectivity index (χ1v) is 9.05. The number of benzene rings is 1. The van der Waals surface area contributed by atoms with Gasteiger partial charge in [0.05, 0.1) is 4.90 Å². The predicted molar refractivity (Wildman–Crippen MR) is 86.6 cm³/mol. The molecule has 1 aliphatic carbocycles. The van der Waals surface area contributed by atoms with E-state index in [1.807, 2.05) is 0 Å². The molecule has 0 radical (unpaired) electrons. The number of nitrogens with two attached hydrogens (primary N) is 2. The SMILES string of the molecule is CCC1CCC(Nc2cc(N)cc(S(N)(=O)=O)c2C)CC1. The van der Waals surface area contributed by atoms with E-state index in [4.69, 9.17) is 10.9 Å². The quantitative estimate of drug-likeness (QED) is 0.744. The van der Waals surface area contributed by atoms with Crippen molar-refractivity contribution in [3.63, 3.8) is 0 Å². The molecule has 0 spiro atoms. The van der Waals surface area contributed by atoms with Crippen LogP contribution in [-0.2, 0) is 10.0 Å². The topological polar surface area (TPSA) is 98.2 Å². The molecule has 0 heterocycles. The van der Waals surface area contributed by atoms with Crippen LogP contribution in [0.3, 0.4) is 0 Å². The summed E-state index contributed by atoms with van der Waals surface area (Å²) >= 11 is 0. The Morgan fingerprint density at radius 2 is 1.86 bits per heavy atom. The number of nitrogen functional groups attached to an aromatic ring is 1. The predicted octanol–water partition coefficient (Wildman–Crippen LogP) is 2.61. The Hall–Kier alpha value is -1.27. The van der Waals surface area contributed by atoms with Crippen LogP contribution in [0.4, 0.5) is 11.4 Å². The van der Waals surface area contributed by atoms with Crippen molar-refractivity contribution < 1.29 is 8.42 Å². The second kappa shape index (κ2) is 6.23. The van der Waals surface area contributed by atoms with Crippen molar-refractivity contribution >= 4 is 21.4 Å². The lowest BCUT2D eigenvalue weighted by Gasteiger charge is -2.30. The third-order valence-electron chi connectivity index (χ3n) is 4.47. The maximum atomic E-state index is 11.6. The molecular formula is C15H25N3O2S. The fourth-order valence-corrected chi connectivity index (χ4v) is 3.93. The molecule has 2 rings (SSSR count). The van der Waals surface area contributed by atoms with Crippen molar-refractivity contribution in [1.29, 1.82) is 0 Å². The molecule has 0 amide bonds. The molecule has 1 aromatic carbocycles. The Balaban J connectivity index is 2.19. The summed E-state index contributed by atoms with van der Waals surface area (Å²) in [5.41, 5.74) is 7.64. The van der Waals surface area contributed by atoms with Gasteiger partial charge in [0.2, 0.25) is 10.0 Å². The number of nitrogens with one attached hydrogen (secondary N) is 1. The molecule has 0 aliphatic heterocycles. The highest BCUT2D eigenvalue weighted by Gasteiger charge is 2.22. The molecule has 0 bridgehead atoms. The van der Waals surface area contributed by atoms with Gasteiger partial charge in [0, 0.05) is 17.4 Å². The molecule has 1 saturated carbocycles. The Labute approximate surface area is 127 Å². The van der Waals surface area contributed by atoms with Crippen molar-refractivity contribution in [3.8, 4) is 0 Å². The minimum Gasteiger partial charge on any atom is -0.399 e. The van der Waals surface area contributed by atoms with Crippen LogP contribution in [0.2, 0.25) is 0 Å². The van der Waals surface area contributed by atoms with Gasteiger partial charge < -0.3 is 11.1 Å².